The summed E-state index contributed by atoms with van der Waals surface area (Å²) in [5.74, 6) is -0.979. The van der Waals surface area contributed by atoms with Gasteiger partial charge in [0.25, 0.3) is 0 Å². The zero-order valence-electron chi connectivity index (χ0n) is 8.13. The van der Waals surface area contributed by atoms with Gasteiger partial charge in [-0.15, -0.1) is 0 Å². The number of para-hydroxylation sites is 1. The molecule has 0 aliphatic heterocycles. The molecule has 2 rings (SSSR count). The van der Waals surface area contributed by atoms with Crippen molar-refractivity contribution in [3.63, 3.8) is 0 Å². The van der Waals surface area contributed by atoms with Crippen molar-refractivity contribution in [2.45, 2.75) is 12.6 Å². The van der Waals surface area contributed by atoms with Crippen LogP contribution in [0.3, 0.4) is 0 Å². The Labute approximate surface area is 86.9 Å². The first-order valence-corrected chi connectivity index (χ1v) is 4.71. The van der Waals surface area contributed by atoms with Gasteiger partial charge in [-0.1, -0.05) is 18.2 Å². The van der Waals surface area contributed by atoms with Gasteiger partial charge in [-0.25, -0.2) is 0 Å². The maximum absolute atomic E-state index is 10.6. The predicted molar refractivity (Wildman–Crippen MR) is 57.5 cm³/mol. The van der Waals surface area contributed by atoms with Gasteiger partial charge in [-0.2, -0.15) is 0 Å². The molecule has 78 valence electrons. The van der Waals surface area contributed by atoms with Gasteiger partial charge in [-0.3, -0.25) is 4.79 Å². The fraction of sp³-hybridized carbons (Fsp3) is 0.182. The third-order valence-electron chi connectivity index (χ3n) is 2.39. The number of carboxylic acids is 1. The van der Waals surface area contributed by atoms with Crippen molar-refractivity contribution < 1.29 is 9.90 Å². The lowest BCUT2D eigenvalue weighted by molar-refractivity contribution is -0.138. The van der Waals surface area contributed by atoms with E-state index in [1.165, 1.54) is 0 Å². The fourth-order valence-corrected chi connectivity index (χ4v) is 1.59. The number of carboxylic acid groups (broad SMARTS) is 1. The van der Waals surface area contributed by atoms with Gasteiger partial charge in [-0.05, 0) is 17.5 Å². The standard InChI is InChI=1S/C11H12N2O2/c12-9(11(14)15)7-13-6-5-8-3-1-2-4-10(8)13/h1-6,9H,7,12H2,(H,14,15)/t9-/m1/s1. The van der Waals surface area contributed by atoms with Gasteiger partial charge in [0.15, 0.2) is 0 Å². The first-order chi connectivity index (χ1) is 7.18. The molecule has 0 saturated carbocycles. The molecular weight excluding hydrogens is 192 g/mol. The SMILES string of the molecule is N[C@H](Cn1ccc2ccccc21)C(=O)O. The van der Waals surface area contributed by atoms with Crippen LogP contribution in [0.15, 0.2) is 36.5 Å². The van der Waals surface area contributed by atoms with Crippen molar-refractivity contribution in [3.8, 4) is 0 Å². The third-order valence-corrected chi connectivity index (χ3v) is 2.39. The number of fused-ring (bicyclic) bond motifs is 1. The molecule has 4 heteroatoms. The maximum atomic E-state index is 10.6. The molecule has 0 saturated heterocycles. The van der Waals surface area contributed by atoms with Crippen LogP contribution < -0.4 is 5.73 Å². The quantitative estimate of drug-likeness (QED) is 0.785. The summed E-state index contributed by atoms with van der Waals surface area (Å²) in [5, 5.41) is 9.81. The van der Waals surface area contributed by atoms with Crippen molar-refractivity contribution in [3.05, 3.63) is 36.5 Å². The van der Waals surface area contributed by atoms with E-state index in [4.69, 9.17) is 10.8 Å². The number of nitrogens with two attached hydrogens (primary N) is 1. The minimum absolute atomic E-state index is 0.294. The zero-order chi connectivity index (χ0) is 10.8. The molecule has 0 amide bonds. The van der Waals surface area contributed by atoms with Crippen LogP contribution in [0.5, 0.6) is 0 Å². The van der Waals surface area contributed by atoms with Gasteiger partial charge in [0.05, 0.1) is 0 Å². The van der Waals surface area contributed by atoms with Gasteiger partial charge in [0.1, 0.15) is 6.04 Å². The average Bonchev–Trinajstić information content (AvgIpc) is 2.62. The highest BCUT2D eigenvalue weighted by molar-refractivity contribution is 5.80. The summed E-state index contributed by atoms with van der Waals surface area (Å²) in [7, 11) is 0. The first-order valence-electron chi connectivity index (χ1n) is 4.71. The highest BCUT2D eigenvalue weighted by atomic mass is 16.4. The van der Waals surface area contributed by atoms with Crippen molar-refractivity contribution in [2.75, 3.05) is 0 Å². The van der Waals surface area contributed by atoms with Crippen molar-refractivity contribution >= 4 is 16.9 Å². The van der Waals surface area contributed by atoms with E-state index in [2.05, 4.69) is 0 Å². The Bertz CT molecular complexity index is 490. The van der Waals surface area contributed by atoms with E-state index in [1.54, 1.807) is 0 Å². The number of aliphatic carboxylic acids is 1. The van der Waals surface area contributed by atoms with E-state index >= 15 is 0 Å². The minimum atomic E-state index is -0.979. The fourth-order valence-electron chi connectivity index (χ4n) is 1.59. The second kappa shape index (κ2) is 3.74. The molecule has 1 aromatic carbocycles. The normalized spacial score (nSPS) is 12.9. The predicted octanol–water partition coefficient (Wildman–Crippen LogP) is 1.05. The van der Waals surface area contributed by atoms with Crippen LogP contribution in [0.25, 0.3) is 10.9 Å². The summed E-state index contributed by atoms with van der Waals surface area (Å²) >= 11 is 0. The molecule has 0 aliphatic rings. The highest BCUT2D eigenvalue weighted by Gasteiger charge is 2.12. The molecule has 1 atom stereocenters. The molecule has 0 radical (unpaired) electrons. The minimum Gasteiger partial charge on any atom is -0.480 e. The van der Waals surface area contributed by atoms with Crippen LogP contribution in [-0.2, 0) is 11.3 Å². The van der Waals surface area contributed by atoms with Crippen LogP contribution in [0.1, 0.15) is 0 Å². The molecule has 0 unspecified atom stereocenters. The summed E-state index contributed by atoms with van der Waals surface area (Å²) in [4.78, 5) is 10.6. The lowest BCUT2D eigenvalue weighted by Crippen LogP contribution is -2.34. The smallest absolute Gasteiger partial charge is 0.322 e. The molecule has 1 aromatic heterocycles. The number of aromatic nitrogens is 1. The number of carbonyl (C=O) groups is 1. The molecule has 0 aliphatic carbocycles. The summed E-state index contributed by atoms with van der Waals surface area (Å²) in [5.41, 5.74) is 6.49. The number of benzene rings is 1. The van der Waals surface area contributed by atoms with Gasteiger partial charge >= 0.3 is 5.97 Å². The Hall–Kier alpha value is -1.81. The molecule has 15 heavy (non-hydrogen) atoms. The van der Waals surface area contributed by atoms with Crippen LogP contribution in [0, 0.1) is 0 Å². The number of rotatable bonds is 3. The van der Waals surface area contributed by atoms with E-state index < -0.39 is 12.0 Å². The summed E-state index contributed by atoms with van der Waals surface area (Å²) in [6, 6.07) is 8.89. The Kier molecular flexibility index (Phi) is 2.43. The Morgan fingerprint density at radius 2 is 2.13 bits per heavy atom. The third kappa shape index (κ3) is 1.85. The summed E-state index contributed by atoms with van der Waals surface area (Å²) < 4.78 is 1.86. The van der Waals surface area contributed by atoms with Gasteiger partial charge < -0.3 is 15.4 Å². The van der Waals surface area contributed by atoms with Gasteiger partial charge in [0, 0.05) is 18.3 Å². The molecular formula is C11H12N2O2. The Balaban J connectivity index is 2.32. The molecule has 0 fully saturated rings. The van der Waals surface area contributed by atoms with Crippen LogP contribution in [0.4, 0.5) is 0 Å². The maximum Gasteiger partial charge on any atom is 0.322 e. The van der Waals surface area contributed by atoms with E-state index in [0.717, 1.165) is 10.9 Å². The lowest BCUT2D eigenvalue weighted by atomic mass is 10.2. The monoisotopic (exact) mass is 204 g/mol. The first kappa shape index (κ1) is 9.73. The van der Waals surface area contributed by atoms with E-state index in [-0.39, 0.29) is 0 Å². The summed E-state index contributed by atoms with van der Waals surface area (Å²) in [6.45, 7) is 0.294. The van der Waals surface area contributed by atoms with Crippen LogP contribution in [0.2, 0.25) is 0 Å². The highest BCUT2D eigenvalue weighted by Crippen LogP contribution is 2.14. The Morgan fingerprint density at radius 1 is 1.40 bits per heavy atom. The van der Waals surface area contributed by atoms with Crippen molar-refractivity contribution in [2.24, 2.45) is 5.73 Å². The lowest BCUT2D eigenvalue weighted by Gasteiger charge is -2.08. The average molecular weight is 204 g/mol. The largest absolute Gasteiger partial charge is 0.480 e. The molecule has 2 aromatic rings. The molecule has 1 heterocycles. The van der Waals surface area contributed by atoms with E-state index in [9.17, 15) is 4.79 Å². The van der Waals surface area contributed by atoms with E-state index in [0.29, 0.717) is 6.54 Å². The Morgan fingerprint density at radius 3 is 2.87 bits per heavy atom. The summed E-state index contributed by atoms with van der Waals surface area (Å²) in [6.07, 6.45) is 1.85. The van der Waals surface area contributed by atoms with Crippen LogP contribution >= 0.6 is 0 Å². The van der Waals surface area contributed by atoms with E-state index in [1.807, 2.05) is 41.1 Å². The number of hydrogen-bond acceptors (Lipinski definition) is 2. The number of hydrogen-bond donors (Lipinski definition) is 2. The van der Waals surface area contributed by atoms with Crippen molar-refractivity contribution in [1.82, 2.24) is 4.57 Å². The number of nitrogens with zero attached hydrogens (tertiary/aromatic N) is 1. The zero-order valence-corrected chi connectivity index (χ0v) is 8.13. The molecule has 3 N–H and O–H groups in total. The molecule has 4 nitrogen and oxygen atoms in total. The van der Waals surface area contributed by atoms with Gasteiger partial charge in [0.2, 0.25) is 0 Å². The molecule has 0 bridgehead atoms. The topological polar surface area (TPSA) is 68.2 Å². The van der Waals surface area contributed by atoms with Crippen LogP contribution in [-0.4, -0.2) is 21.7 Å². The second-order valence-electron chi connectivity index (χ2n) is 3.47. The second-order valence-corrected chi connectivity index (χ2v) is 3.47. The van der Waals surface area contributed by atoms with Crippen molar-refractivity contribution in [1.29, 1.82) is 0 Å². The molecule has 0 spiro atoms.